The lowest BCUT2D eigenvalue weighted by Gasteiger charge is -2.12. The van der Waals surface area contributed by atoms with Gasteiger partial charge in [-0.3, -0.25) is 4.79 Å². The fraction of sp³-hybridized carbons (Fsp3) is 0.259. The quantitative estimate of drug-likeness (QED) is 0.410. The normalized spacial score (nSPS) is 14.7. The largest absolute Gasteiger partial charge is 0.493 e. The molecule has 0 spiro atoms. The molecule has 1 atom stereocenters. The van der Waals surface area contributed by atoms with Crippen LogP contribution in [0, 0.1) is 0 Å². The first-order chi connectivity index (χ1) is 17.1. The minimum atomic E-state index is -0.186. The Morgan fingerprint density at radius 2 is 1.83 bits per heavy atom. The first-order valence-corrected chi connectivity index (χ1v) is 12.1. The summed E-state index contributed by atoms with van der Waals surface area (Å²) in [5.41, 5.74) is 3.46. The Labute approximate surface area is 209 Å². The number of hydrogen-bond donors (Lipinski definition) is 1. The van der Waals surface area contributed by atoms with Gasteiger partial charge in [0.1, 0.15) is 5.09 Å². The highest BCUT2D eigenvalue weighted by molar-refractivity contribution is 8.04. The first kappa shape index (κ1) is 24.5. The topological polar surface area (TPSA) is 78.9 Å². The van der Waals surface area contributed by atoms with Gasteiger partial charge in [0.25, 0.3) is 0 Å². The molecule has 0 saturated carbocycles. The maximum absolute atomic E-state index is 12.6. The summed E-state index contributed by atoms with van der Waals surface area (Å²) in [6.07, 6.45) is 3.29. The average molecular weight is 493 g/mol. The molecular weight excluding hydrogens is 464 g/mol. The number of carbonyl (C=O) groups is 1. The SMILES string of the molecule is COC1=CCC(C(=O)Nc2cccc(-c3cccc(OCCc4ccc(OC)c(OC)c4)n3)c2)S1. The van der Waals surface area contributed by atoms with Crippen LogP contribution in [0.4, 0.5) is 5.69 Å². The Morgan fingerprint density at radius 1 is 1.00 bits per heavy atom. The number of carbonyl (C=O) groups excluding carboxylic acids is 1. The molecule has 0 radical (unpaired) electrons. The van der Waals surface area contributed by atoms with Gasteiger partial charge in [-0.15, -0.1) is 0 Å². The molecule has 0 saturated heterocycles. The summed E-state index contributed by atoms with van der Waals surface area (Å²) >= 11 is 1.43. The van der Waals surface area contributed by atoms with Crippen LogP contribution in [0.2, 0.25) is 0 Å². The smallest absolute Gasteiger partial charge is 0.238 e. The van der Waals surface area contributed by atoms with Gasteiger partial charge in [0, 0.05) is 23.7 Å². The van der Waals surface area contributed by atoms with Crippen LogP contribution in [0.15, 0.2) is 71.8 Å². The van der Waals surface area contributed by atoms with Crippen LogP contribution >= 0.6 is 11.8 Å². The molecule has 4 rings (SSSR count). The van der Waals surface area contributed by atoms with Gasteiger partial charge in [-0.2, -0.15) is 0 Å². The number of methoxy groups -OCH3 is 3. The van der Waals surface area contributed by atoms with Crippen molar-refractivity contribution in [2.45, 2.75) is 18.1 Å². The first-order valence-electron chi connectivity index (χ1n) is 11.2. The summed E-state index contributed by atoms with van der Waals surface area (Å²) in [6, 6.07) is 19.1. The molecule has 0 fully saturated rings. The lowest BCUT2D eigenvalue weighted by Crippen LogP contribution is -2.23. The molecule has 2 aromatic carbocycles. The fourth-order valence-corrected chi connectivity index (χ4v) is 4.60. The third-order valence-corrected chi connectivity index (χ3v) is 6.75. The van der Waals surface area contributed by atoms with E-state index in [1.807, 2.05) is 66.7 Å². The summed E-state index contributed by atoms with van der Waals surface area (Å²) in [5.74, 6) is 1.89. The van der Waals surface area contributed by atoms with Gasteiger partial charge in [0.2, 0.25) is 11.8 Å². The van der Waals surface area contributed by atoms with Crippen molar-refractivity contribution in [3.63, 3.8) is 0 Å². The van der Waals surface area contributed by atoms with E-state index in [0.717, 1.165) is 27.6 Å². The Bertz CT molecular complexity index is 1210. The van der Waals surface area contributed by atoms with Crippen molar-refractivity contribution in [1.29, 1.82) is 0 Å². The molecule has 182 valence electrons. The highest BCUT2D eigenvalue weighted by Gasteiger charge is 2.25. The van der Waals surface area contributed by atoms with Gasteiger partial charge in [0.15, 0.2) is 11.5 Å². The number of aromatic nitrogens is 1. The maximum atomic E-state index is 12.6. The van der Waals surface area contributed by atoms with Gasteiger partial charge < -0.3 is 24.3 Å². The van der Waals surface area contributed by atoms with Gasteiger partial charge in [0.05, 0.1) is 38.9 Å². The predicted molar refractivity (Wildman–Crippen MR) is 138 cm³/mol. The highest BCUT2D eigenvalue weighted by Crippen LogP contribution is 2.33. The van der Waals surface area contributed by atoms with E-state index in [1.54, 1.807) is 21.3 Å². The number of benzene rings is 2. The highest BCUT2D eigenvalue weighted by atomic mass is 32.2. The van der Waals surface area contributed by atoms with E-state index >= 15 is 0 Å². The van der Waals surface area contributed by atoms with Crippen molar-refractivity contribution in [3.05, 3.63) is 77.4 Å². The number of hydrogen-bond acceptors (Lipinski definition) is 7. The van der Waals surface area contributed by atoms with Gasteiger partial charge in [-0.1, -0.05) is 36.0 Å². The number of nitrogens with zero attached hydrogens (tertiary/aromatic N) is 1. The maximum Gasteiger partial charge on any atom is 0.238 e. The van der Waals surface area contributed by atoms with E-state index in [4.69, 9.17) is 18.9 Å². The Morgan fingerprint density at radius 3 is 2.60 bits per heavy atom. The number of anilines is 1. The molecule has 3 aromatic rings. The minimum Gasteiger partial charge on any atom is -0.493 e. The van der Waals surface area contributed by atoms with Crippen molar-refractivity contribution in [1.82, 2.24) is 4.98 Å². The lowest BCUT2D eigenvalue weighted by atomic mass is 10.1. The van der Waals surface area contributed by atoms with E-state index in [2.05, 4.69) is 10.3 Å². The van der Waals surface area contributed by atoms with Crippen molar-refractivity contribution in [2.24, 2.45) is 0 Å². The van der Waals surface area contributed by atoms with Crippen LogP contribution in [0.3, 0.4) is 0 Å². The van der Waals surface area contributed by atoms with Crippen LogP contribution in [0.5, 0.6) is 17.4 Å². The minimum absolute atomic E-state index is 0.0457. The summed E-state index contributed by atoms with van der Waals surface area (Å²) < 4.78 is 21.8. The molecule has 8 heteroatoms. The summed E-state index contributed by atoms with van der Waals surface area (Å²) in [5, 5.41) is 3.59. The molecule has 1 aromatic heterocycles. The Kier molecular flexibility index (Phi) is 8.15. The number of allylic oxidation sites excluding steroid dienone is 1. The van der Waals surface area contributed by atoms with Gasteiger partial charge in [-0.05, 0) is 48.4 Å². The van der Waals surface area contributed by atoms with Crippen LogP contribution in [-0.4, -0.2) is 44.1 Å². The van der Waals surface area contributed by atoms with E-state index in [1.165, 1.54) is 11.8 Å². The van der Waals surface area contributed by atoms with Crippen LogP contribution in [-0.2, 0) is 16.0 Å². The zero-order valence-electron chi connectivity index (χ0n) is 19.9. The number of thioether (sulfide) groups is 1. The standard InChI is InChI=1S/C27H28N2O5S/c1-31-22-11-10-18(16-23(22)32-2)14-15-34-25-9-5-8-21(29-25)19-6-4-7-20(17-19)28-27(30)24-12-13-26(33-3)35-24/h4-11,13,16-17,24H,12,14-15H2,1-3H3,(H,28,30). The molecule has 7 nitrogen and oxygen atoms in total. The second-order valence-electron chi connectivity index (χ2n) is 7.79. The molecule has 0 bridgehead atoms. The zero-order valence-corrected chi connectivity index (χ0v) is 20.8. The number of ether oxygens (including phenoxy) is 4. The molecule has 1 amide bonds. The number of nitrogens with one attached hydrogen (secondary N) is 1. The average Bonchev–Trinajstić information content (AvgIpc) is 3.39. The second-order valence-corrected chi connectivity index (χ2v) is 9.00. The molecule has 1 N–H and O–H groups in total. The number of amides is 1. The van der Waals surface area contributed by atoms with Gasteiger partial charge in [-0.25, -0.2) is 4.98 Å². The number of rotatable bonds is 10. The third-order valence-electron chi connectivity index (χ3n) is 5.49. The van der Waals surface area contributed by atoms with E-state index in [-0.39, 0.29) is 11.2 Å². The van der Waals surface area contributed by atoms with Crippen LogP contribution in [0.1, 0.15) is 12.0 Å². The van der Waals surface area contributed by atoms with Crippen molar-refractivity contribution >= 4 is 23.4 Å². The van der Waals surface area contributed by atoms with E-state index in [9.17, 15) is 4.79 Å². The zero-order chi connectivity index (χ0) is 24.6. The van der Waals surface area contributed by atoms with Gasteiger partial charge >= 0.3 is 0 Å². The molecule has 1 aliphatic rings. The molecule has 35 heavy (non-hydrogen) atoms. The molecular formula is C27H28N2O5S. The Balaban J connectivity index is 1.37. The second kappa shape index (κ2) is 11.7. The lowest BCUT2D eigenvalue weighted by molar-refractivity contribution is -0.115. The third kappa shape index (κ3) is 6.27. The fourth-order valence-electron chi connectivity index (χ4n) is 3.68. The van der Waals surface area contributed by atoms with Crippen molar-refractivity contribution in [3.8, 4) is 28.6 Å². The number of pyridine rings is 1. The van der Waals surface area contributed by atoms with Crippen molar-refractivity contribution < 1.29 is 23.7 Å². The molecule has 2 heterocycles. The molecule has 1 aliphatic heterocycles. The molecule has 1 unspecified atom stereocenters. The molecule has 0 aliphatic carbocycles. The Hall–Kier alpha value is -3.65. The predicted octanol–water partition coefficient (Wildman–Crippen LogP) is 5.32. The summed E-state index contributed by atoms with van der Waals surface area (Å²) in [7, 11) is 4.85. The van der Waals surface area contributed by atoms with E-state index < -0.39 is 0 Å². The van der Waals surface area contributed by atoms with Crippen LogP contribution in [0.25, 0.3) is 11.3 Å². The summed E-state index contributed by atoms with van der Waals surface area (Å²) in [4.78, 5) is 17.3. The van der Waals surface area contributed by atoms with Crippen molar-refractivity contribution in [2.75, 3.05) is 33.3 Å². The van der Waals surface area contributed by atoms with Crippen LogP contribution < -0.4 is 19.5 Å². The monoisotopic (exact) mass is 492 g/mol. The summed E-state index contributed by atoms with van der Waals surface area (Å²) in [6.45, 7) is 0.471. The van der Waals surface area contributed by atoms with E-state index in [0.29, 0.717) is 36.8 Å².